The van der Waals surface area contributed by atoms with Crippen LogP contribution >= 0.6 is 0 Å². The molecule has 1 amide bonds. The number of nitrogens with zero attached hydrogens (tertiary/aromatic N) is 4. The van der Waals surface area contributed by atoms with Crippen LogP contribution < -0.4 is 0 Å². The summed E-state index contributed by atoms with van der Waals surface area (Å²) in [5.41, 5.74) is -0.572. The maximum Gasteiger partial charge on any atom is 0.273 e. The lowest BCUT2D eigenvalue weighted by molar-refractivity contribution is -0.385. The van der Waals surface area contributed by atoms with Crippen molar-refractivity contribution >= 4 is 11.6 Å². The molecule has 1 aromatic carbocycles. The monoisotopic (exact) mass is 293 g/mol. The zero-order valence-corrected chi connectivity index (χ0v) is 11.3. The minimum atomic E-state index is -0.838. The molecule has 0 radical (unpaired) electrons. The molecule has 1 heterocycles. The van der Waals surface area contributed by atoms with Gasteiger partial charge in [0.05, 0.1) is 17.5 Å². The fourth-order valence-corrected chi connectivity index (χ4v) is 1.77. The van der Waals surface area contributed by atoms with E-state index in [1.54, 1.807) is 6.92 Å². The van der Waals surface area contributed by atoms with Crippen LogP contribution in [0.15, 0.2) is 18.2 Å². The average Bonchev–Trinajstić information content (AvgIpc) is 2.82. The summed E-state index contributed by atoms with van der Waals surface area (Å²) >= 11 is 0. The molecule has 0 atom stereocenters. The summed E-state index contributed by atoms with van der Waals surface area (Å²) in [4.78, 5) is 27.4. The lowest BCUT2D eigenvalue weighted by atomic mass is 10.1. The molecule has 0 aliphatic carbocycles. The van der Waals surface area contributed by atoms with Gasteiger partial charge in [-0.1, -0.05) is 0 Å². The molecule has 8 nitrogen and oxygen atoms in total. The first-order chi connectivity index (χ1) is 9.86. The van der Waals surface area contributed by atoms with Crippen LogP contribution in [-0.2, 0) is 6.54 Å². The van der Waals surface area contributed by atoms with E-state index in [-0.39, 0.29) is 12.1 Å². The minimum absolute atomic E-state index is 0.101. The van der Waals surface area contributed by atoms with Gasteiger partial charge in [-0.05, 0) is 13.0 Å². The van der Waals surface area contributed by atoms with E-state index in [1.165, 1.54) is 11.9 Å². The molecular formula is C12H12FN5O3. The first-order valence-corrected chi connectivity index (χ1v) is 5.95. The lowest BCUT2D eigenvalue weighted by Crippen LogP contribution is -2.27. The van der Waals surface area contributed by atoms with Gasteiger partial charge in [-0.25, -0.2) is 9.37 Å². The number of H-pyrrole nitrogens is 1. The third kappa shape index (κ3) is 3.38. The summed E-state index contributed by atoms with van der Waals surface area (Å²) in [7, 11) is 1.48. The van der Waals surface area contributed by atoms with E-state index < -0.39 is 22.3 Å². The first kappa shape index (κ1) is 14.6. The number of hydrogen-bond donors (Lipinski definition) is 1. The number of nitro groups is 1. The molecule has 2 rings (SSSR count). The average molecular weight is 293 g/mol. The highest BCUT2D eigenvalue weighted by atomic mass is 19.1. The number of nitrogens with one attached hydrogen (secondary N) is 1. The Kier molecular flexibility index (Phi) is 3.92. The van der Waals surface area contributed by atoms with Crippen molar-refractivity contribution in [3.63, 3.8) is 0 Å². The molecule has 0 saturated carbocycles. The summed E-state index contributed by atoms with van der Waals surface area (Å²) in [5.74, 6) is -0.392. The maximum absolute atomic E-state index is 13.3. The molecule has 110 valence electrons. The largest absolute Gasteiger partial charge is 0.334 e. The number of aromatic amines is 1. The summed E-state index contributed by atoms with van der Waals surface area (Å²) in [6, 6.07) is 2.75. The lowest BCUT2D eigenvalue weighted by Gasteiger charge is -2.15. The highest BCUT2D eigenvalue weighted by Crippen LogP contribution is 2.17. The summed E-state index contributed by atoms with van der Waals surface area (Å²) in [6.45, 7) is 1.82. The van der Waals surface area contributed by atoms with Crippen molar-refractivity contribution in [3.8, 4) is 0 Å². The molecule has 0 spiro atoms. The number of hydrogen-bond acceptors (Lipinski definition) is 5. The van der Waals surface area contributed by atoms with Crippen molar-refractivity contribution in [2.75, 3.05) is 7.05 Å². The van der Waals surface area contributed by atoms with Gasteiger partial charge >= 0.3 is 0 Å². The molecule has 9 heteroatoms. The number of rotatable bonds is 4. The van der Waals surface area contributed by atoms with Gasteiger partial charge in [-0.3, -0.25) is 20.0 Å². The van der Waals surface area contributed by atoms with E-state index in [9.17, 15) is 19.3 Å². The van der Waals surface area contributed by atoms with Gasteiger partial charge < -0.3 is 4.90 Å². The molecular weight excluding hydrogens is 281 g/mol. The van der Waals surface area contributed by atoms with Crippen LogP contribution in [0.4, 0.5) is 10.1 Å². The Labute approximate surface area is 118 Å². The van der Waals surface area contributed by atoms with Crippen molar-refractivity contribution in [1.82, 2.24) is 20.1 Å². The van der Waals surface area contributed by atoms with Crippen LogP contribution in [0, 0.1) is 22.9 Å². The van der Waals surface area contributed by atoms with Gasteiger partial charge in [-0.2, -0.15) is 5.10 Å². The molecule has 0 aliphatic heterocycles. The minimum Gasteiger partial charge on any atom is -0.334 e. The van der Waals surface area contributed by atoms with Crippen molar-refractivity contribution in [3.05, 3.63) is 51.3 Å². The summed E-state index contributed by atoms with van der Waals surface area (Å²) < 4.78 is 13.3. The third-order valence-corrected chi connectivity index (χ3v) is 2.71. The van der Waals surface area contributed by atoms with Gasteiger partial charge in [0.25, 0.3) is 11.6 Å². The second kappa shape index (κ2) is 5.65. The highest BCUT2D eigenvalue weighted by molar-refractivity contribution is 5.94. The van der Waals surface area contributed by atoms with Crippen molar-refractivity contribution in [2.24, 2.45) is 0 Å². The predicted molar refractivity (Wildman–Crippen MR) is 70.0 cm³/mol. The molecule has 1 N–H and O–H groups in total. The number of carbonyl (C=O) groups excluding carboxylic acids is 1. The number of aryl methyl sites for hydroxylation is 1. The second-order valence-electron chi connectivity index (χ2n) is 4.45. The number of nitro benzene ring substituents is 1. The van der Waals surface area contributed by atoms with E-state index in [4.69, 9.17) is 0 Å². The van der Waals surface area contributed by atoms with Crippen LogP contribution in [-0.4, -0.2) is 38.0 Å². The van der Waals surface area contributed by atoms with Crippen LogP contribution in [0.25, 0.3) is 0 Å². The standard InChI is InChI=1S/C12H12FN5O3/c1-7-14-11(16-15-7)6-17(2)12(19)8-3-9(13)5-10(4-8)18(20)21/h3-5H,6H2,1-2H3,(H,14,15,16). The topological polar surface area (TPSA) is 105 Å². The van der Waals surface area contributed by atoms with Crippen LogP contribution in [0.5, 0.6) is 0 Å². The molecule has 21 heavy (non-hydrogen) atoms. The Morgan fingerprint density at radius 2 is 2.19 bits per heavy atom. The molecule has 0 saturated heterocycles. The first-order valence-electron chi connectivity index (χ1n) is 5.95. The molecule has 0 fully saturated rings. The van der Waals surface area contributed by atoms with Crippen molar-refractivity contribution in [1.29, 1.82) is 0 Å². The molecule has 0 unspecified atom stereocenters. The van der Waals surface area contributed by atoms with Crippen molar-refractivity contribution < 1.29 is 14.1 Å². The SMILES string of the molecule is Cc1nc(CN(C)C(=O)c2cc(F)cc([N+](=O)[O-])c2)n[nH]1. The Balaban J connectivity index is 2.20. The van der Waals surface area contributed by atoms with Crippen molar-refractivity contribution in [2.45, 2.75) is 13.5 Å². The number of carbonyl (C=O) groups is 1. The Hall–Kier alpha value is -2.84. The number of non-ortho nitro benzene ring substituents is 1. The fourth-order valence-electron chi connectivity index (χ4n) is 1.77. The van der Waals surface area contributed by atoms with Gasteiger partial charge in [0.2, 0.25) is 0 Å². The second-order valence-corrected chi connectivity index (χ2v) is 4.45. The van der Waals surface area contributed by atoms with E-state index in [1.807, 2.05) is 0 Å². The number of aromatic nitrogens is 3. The molecule has 0 bridgehead atoms. The normalized spacial score (nSPS) is 10.4. The van der Waals surface area contributed by atoms with Gasteiger partial charge in [0, 0.05) is 18.7 Å². The van der Waals surface area contributed by atoms with Gasteiger partial charge in [0.15, 0.2) is 5.82 Å². The van der Waals surface area contributed by atoms with E-state index in [2.05, 4.69) is 15.2 Å². The Morgan fingerprint density at radius 1 is 1.48 bits per heavy atom. The quantitative estimate of drug-likeness (QED) is 0.678. The van der Waals surface area contributed by atoms with Crippen LogP contribution in [0.3, 0.4) is 0 Å². The Bertz CT molecular complexity index is 700. The van der Waals surface area contributed by atoms with Gasteiger partial charge in [-0.15, -0.1) is 0 Å². The summed E-state index contributed by atoms with van der Waals surface area (Å²) in [5, 5.41) is 17.2. The van der Waals surface area contributed by atoms with E-state index in [0.29, 0.717) is 11.6 Å². The zero-order valence-electron chi connectivity index (χ0n) is 11.3. The summed E-state index contributed by atoms with van der Waals surface area (Å²) in [6.07, 6.45) is 0. The Morgan fingerprint density at radius 3 is 2.76 bits per heavy atom. The van der Waals surface area contributed by atoms with Crippen LogP contribution in [0.1, 0.15) is 22.0 Å². The fraction of sp³-hybridized carbons (Fsp3) is 0.250. The number of halogens is 1. The molecule has 1 aromatic heterocycles. The molecule has 2 aromatic rings. The molecule has 0 aliphatic rings. The van der Waals surface area contributed by atoms with E-state index >= 15 is 0 Å². The maximum atomic E-state index is 13.3. The van der Waals surface area contributed by atoms with E-state index in [0.717, 1.165) is 18.2 Å². The number of benzene rings is 1. The predicted octanol–water partition coefficient (Wildman–Crippen LogP) is 1.43. The zero-order chi connectivity index (χ0) is 15.6. The van der Waals surface area contributed by atoms with Crippen LogP contribution in [0.2, 0.25) is 0 Å². The highest BCUT2D eigenvalue weighted by Gasteiger charge is 2.18. The third-order valence-electron chi connectivity index (χ3n) is 2.71. The number of amides is 1. The smallest absolute Gasteiger partial charge is 0.273 e. The van der Waals surface area contributed by atoms with Gasteiger partial charge in [0.1, 0.15) is 11.6 Å².